The van der Waals surface area contributed by atoms with Crippen molar-refractivity contribution in [3.05, 3.63) is 0 Å². The first-order valence-electron chi connectivity index (χ1n) is 0.575. The van der Waals surface area contributed by atoms with E-state index >= 15 is 0 Å². The van der Waals surface area contributed by atoms with Crippen LogP contribution in [0.4, 0.5) is 0 Å². The van der Waals surface area contributed by atoms with Gasteiger partial charge in [-0.05, 0) is 0 Å². The first-order valence-corrected chi connectivity index (χ1v) is 0.575. The quantitative estimate of drug-likeness (QED) is 0.212. The van der Waals surface area contributed by atoms with Crippen LogP contribution in [0, 0.1) is 0 Å². The van der Waals surface area contributed by atoms with E-state index in [2.05, 4.69) is 4.89 Å². The molecule has 7 heavy (non-hydrogen) atoms. The van der Waals surface area contributed by atoms with Gasteiger partial charge in [0.25, 0.3) is 0 Å². The van der Waals surface area contributed by atoms with Crippen molar-refractivity contribution in [3.63, 3.8) is 0 Å². The van der Waals surface area contributed by atoms with E-state index in [1.165, 1.54) is 0 Å². The summed E-state index contributed by atoms with van der Waals surface area (Å²) in [5.41, 5.74) is 0. The Morgan fingerprint density at radius 2 is 1.71 bits per heavy atom. The van der Waals surface area contributed by atoms with Crippen LogP contribution in [0.25, 0.3) is 0 Å². The molecule has 0 spiro atoms. The number of carbonyl (C=O) groups excluding carboxylic acids is 1. The van der Waals surface area contributed by atoms with Crippen molar-refractivity contribution in [3.8, 4) is 0 Å². The number of rotatable bonds is 1. The molecule has 1 radical (unpaired) electrons. The molecule has 0 aliphatic carbocycles. The minimum absolute atomic E-state index is 0. The molecule has 0 saturated heterocycles. The van der Waals surface area contributed by atoms with Gasteiger partial charge in [-0.3, -0.25) is 0 Å². The third kappa shape index (κ3) is 29.1. The fraction of sp³-hybridized carbons (Fsp3) is 0. The Labute approximate surface area is 115 Å². The maximum atomic E-state index is 8.51. The molecule has 0 fully saturated rings. The van der Waals surface area contributed by atoms with Crippen molar-refractivity contribution >= 4 is 6.47 Å². The molecule has 6 heteroatoms. The maximum Gasteiger partial charge on any atom is 1.00 e. The van der Waals surface area contributed by atoms with E-state index in [0.717, 1.165) is 0 Å². The van der Waals surface area contributed by atoms with Gasteiger partial charge in [-0.25, -0.2) is 0 Å². The van der Waals surface area contributed by atoms with E-state index in [1.807, 2.05) is 0 Å². The van der Waals surface area contributed by atoms with Crippen LogP contribution in [-0.4, -0.2) is 6.47 Å². The minimum atomic E-state index is 0. The Morgan fingerprint density at radius 3 is 1.71 bits per heavy atom. The van der Waals surface area contributed by atoms with Crippen LogP contribution in [0.15, 0.2) is 0 Å². The molecule has 0 amide bonds. The van der Waals surface area contributed by atoms with Crippen LogP contribution in [0.5, 0.6) is 0 Å². The fourth-order valence-corrected chi connectivity index (χ4v) is 0. The Hall–Kier alpha value is 2.55. The van der Waals surface area contributed by atoms with Crippen molar-refractivity contribution in [1.82, 2.24) is 0 Å². The largest absolute Gasteiger partial charge is 1.00 e. The summed E-state index contributed by atoms with van der Waals surface area (Å²) in [6.07, 6.45) is 0. The van der Waals surface area contributed by atoms with Crippen LogP contribution in [0.3, 0.4) is 0 Å². The maximum absolute atomic E-state index is 8.51. The molecular formula is CAg2KO3. The van der Waals surface area contributed by atoms with Gasteiger partial charge in [0.15, 0.2) is 0 Å². The average Bonchev–Trinajstić information content (AvgIpc) is 1.37. The molecule has 45 valence electrons. The molecule has 0 aromatic rings. The van der Waals surface area contributed by atoms with Crippen LogP contribution < -0.4 is 56.6 Å². The van der Waals surface area contributed by atoms with E-state index in [9.17, 15) is 0 Å². The zero-order valence-corrected chi connectivity index (χ0v) is 9.42. The standard InChI is InChI=1S/CHO3.2Ag.K/c2-1-4-3;;;/h3H;;;/q-1;;2*+1/p-1. The topological polar surface area (TPSA) is 49.4 Å². The molecule has 0 aromatic carbocycles. The van der Waals surface area contributed by atoms with E-state index in [4.69, 9.17) is 10.1 Å². The van der Waals surface area contributed by atoms with Gasteiger partial charge in [0.2, 0.25) is 0 Å². The van der Waals surface area contributed by atoms with E-state index < -0.39 is 0 Å². The van der Waals surface area contributed by atoms with Crippen LogP contribution in [-0.2, 0) is 54.4 Å². The molecule has 0 rings (SSSR count). The predicted molar refractivity (Wildman–Crippen MR) is 6.78 cm³/mol. The molecule has 0 unspecified atom stereocenters. The van der Waals surface area contributed by atoms with Crippen molar-refractivity contribution in [2.45, 2.75) is 0 Å². The second-order valence-corrected chi connectivity index (χ2v) is 0.167. The van der Waals surface area contributed by atoms with Gasteiger partial charge in [0.05, 0.1) is 0 Å². The van der Waals surface area contributed by atoms with Crippen LogP contribution in [0.2, 0.25) is 0 Å². The summed E-state index contributed by atoms with van der Waals surface area (Å²) in [5.74, 6) is 0. The Morgan fingerprint density at radius 1 is 1.57 bits per heavy atom. The zero-order valence-electron chi connectivity index (χ0n) is 3.33. The number of hydrogen-bond donors (Lipinski definition) is 0. The van der Waals surface area contributed by atoms with Crippen molar-refractivity contribution in [1.29, 1.82) is 0 Å². The van der Waals surface area contributed by atoms with Crippen molar-refractivity contribution in [2.24, 2.45) is 0 Å². The average molecular weight is 315 g/mol. The zero-order chi connectivity index (χ0) is 3.41. The molecule has 3 nitrogen and oxygen atoms in total. The summed E-state index contributed by atoms with van der Waals surface area (Å²) in [7, 11) is 0. The van der Waals surface area contributed by atoms with Gasteiger partial charge in [0, 0.05) is 22.4 Å². The summed E-state index contributed by atoms with van der Waals surface area (Å²) in [6.45, 7) is 0.625. The van der Waals surface area contributed by atoms with Crippen LogP contribution >= 0.6 is 0 Å². The molecule has 0 aromatic heterocycles. The summed E-state index contributed by atoms with van der Waals surface area (Å²) >= 11 is 0. The van der Waals surface area contributed by atoms with Gasteiger partial charge in [0.1, 0.15) is 0 Å². The van der Waals surface area contributed by atoms with Gasteiger partial charge in [-0.2, -0.15) is 0 Å². The van der Waals surface area contributed by atoms with Crippen molar-refractivity contribution < 1.29 is 111 Å². The predicted octanol–water partition coefficient (Wildman–Crippen LogP) is -4.66. The molecule has 0 aliphatic heterocycles. The minimum Gasteiger partial charge on any atom is -0.715 e. The van der Waals surface area contributed by atoms with E-state index in [1.54, 1.807) is 0 Å². The second-order valence-electron chi connectivity index (χ2n) is 0.167. The van der Waals surface area contributed by atoms with Gasteiger partial charge in [-0.15, -0.1) is 0 Å². The Balaban J connectivity index is -0.0000000150. The molecule has 0 aliphatic rings. The van der Waals surface area contributed by atoms with Gasteiger partial charge in [-0.1, -0.05) is 6.47 Å². The summed E-state index contributed by atoms with van der Waals surface area (Å²) in [4.78, 5) is 11.0. The molecule has 0 heterocycles. The third-order valence-electron chi connectivity index (χ3n) is 0.0340. The van der Waals surface area contributed by atoms with E-state index in [0.29, 0.717) is 6.47 Å². The molecule has 0 bridgehead atoms. The first kappa shape index (κ1) is 22.7. The molecule has 0 N–H and O–H groups in total. The van der Waals surface area contributed by atoms with Gasteiger partial charge < -0.3 is 14.9 Å². The SMILES string of the molecule is O=[C-]O[O-].[Ag+].[Ag].[K+]. The Kier molecular flexibility index (Phi) is 76.2. The Bertz CT molecular complexity index is 26.9. The number of hydrogen-bond acceptors (Lipinski definition) is 3. The molecular weight excluding hydrogens is 315 g/mol. The summed E-state index contributed by atoms with van der Waals surface area (Å²) in [5, 5.41) is 8.38. The second kappa shape index (κ2) is 23.5. The van der Waals surface area contributed by atoms with Crippen LogP contribution in [0.1, 0.15) is 0 Å². The summed E-state index contributed by atoms with van der Waals surface area (Å²) < 4.78 is 0. The summed E-state index contributed by atoms with van der Waals surface area (Å²) in [6, 6.07) is 0. The fourth-order valence-electron chi connectivity index (χ4n) is 0. The van der Waals surface area contributed by atoms with Gasteiger partial charge >= 0.3 is 73.8 Å². The molecule has 0 atom stereocenters. The third-order valence-corrected chi connectivity index (χ3v) is 0.0340. The smallest absolute Gasteiger partial charge is 0.715 e. The van der Waals surface area contributed by atoms with E-state index in [-0.39, 0.29) is 96.1 Å². The molecule has 0 saturated carbocycles. The first-order chi connectivity index (χ1) is 1.91. The van der Waals surface area contributed by atoms with Crippen molar-refractivity contribution in [2.75, 3.05) is 0 Å². The monoisotopic (exact) mass is 313 g/mol. The normalized spacial score (nSPS) is 3.00.